The molecular formula is C13H15N3O2. The second kappa shape index (κ2) is 5.00. The molecule has 1 aromatic carbocycles. The lowest BCUT2D eigenvalue weighted by Gasteiger charge is -2.08. The van der Waals surface area contributed by atoms with E-state index in [1.807, 2.05) is 6.07 Å². The maximum absolute atomic E-state index is 10.6. The molecule has 0 fully saturated rings. The number of rotatable bonds is 4. The van der Waals surface area contributed by atoms with Crippen LogP contribution in [0.3, 0.4) is 0 Å². The van der Waals surface area contributed by atoms with Crippen molar-refractivity contribution in [3.63, 3.8) is 0 Å². The summed E-state index contributed by atoms with van der Waals surface area (Å²) in [4.78, 5) is 10.6. The minimum atomic E-state index is -0.894. The molecule has 5 nitrogen and oxygen atoms in total. The van der Waals surface area contributed by atoms with Crippen LogP contribution >= 0.6 is 0 Å². The van der Waals surface area contributed by atoms with Crippen LogP contribution < -0.4 is 0 Å². The molecule has 1 heterocycles. The molecule has 0 aliphatic carbocycles. The van der Waals surface area contributed by atoms with Crippen molar-refractivity contribution in [2.24, 2.45) is 0 Å². The van der Waals surface area contributed by atoms with Crippen molar-refractivity contribution in [2.75, 3.05) is 0 Å². The van der Waals surface area contributed by atoms with Crippen molar-refractivity contribution in [1.82, 2.24) is 15.0 Å². The number of carbonyl (C=O) groups is 1. The van der Waals surface area contributed by atoms with Gasteiger partial charge in [0.05, 0.1) is 18.7 Å². The van der Waals surface area contributed by atoms with Gasteiger partial charge in [0.25, 0.3) is 0 Å². The molecule has 0 aliphatic rings. The van der Waals surface area contributed by atoms with Crippen molar-refractivity contribution in [3.05, 3.63) is 46.8 Å². The van der Waals surface area contributed by atoms with Crippen LogP contribution in [0, 0.1) is 13.8 Å². The average Bonchev–Trinajstić information content (AvgIpc) is 2.70. The number of aliphatic carboxylic acids is 1. The summed E-state index contributed by atoms with van der Waals surface area (Å²) >= 11 is 0. The van der Waals surface area contributed by atoms with Gasteiger partial charge in [0.15, 0.2) is 0 Å². The lowest BCUT2D eigenvalue weighted by atomic mass is 10.0. The first-order valence-electron chi connectivity index (χ1n) is 5.72. The third-order valence-electron chi connectivity index (χ3n) is 2.88. The zero-order chi connectivity index (χ0) is 13.1. The Kier molecular flexibility index (Phi) is 3.41. The Balaban J connectivity index is 2.19. The Morgan fingerprint density at radius 2 is 2.00 bits per heavy atom. The molecule has 0 radical (unpaired) electrons. The zero-order valence-electron chi connectivity index (χ0n) is 10.4. The molecule has 0 aliphatic heterocycles. The number of benzene rings is 1. The zero-order valence-corrected chi connectivity index (χ0v) is 10.4. The SMILES string of the molecule is Cc1cccc(C)c1Cn1cc(CC(=O)O)nn1. The molecule has 94 valence electrons. The van der Waals surface area contributed by atoms with Crippen molar-refractivity contribution in [1.29, 1.82) is 0 Å². The van der Waals surface area contributed by atoms with E-state index in [-0.39, 0.29) is 6.42 Å². The van der Waals surface area contributed by atoms with E-state index in [0.717, 1.165) is 0 Å². The van der Waals surface area contributed by atoms with Crippen molar-refractivity contribution in [2.45, 2.75) is 26.8 Å². The summed E-state index contributed by atoms with van der Waals surface area (Å²) in [6.45, 7) is 4.72. The van der Waals surface area contributed by atoms with Gasteiger partial charge in [-0.15, -0.1) is 5.10 Å². The highest BCUT2D eigenvalue weighted by atomic mass is 16.4. The quantitative estimate of drug-likeness (QED) is 0.887. The van der Waals surface area contributed by atoms with Gasteiger partial charge in [0, 0.05) is 6.20 Å². The lowest BCUT2D eigenvalue weighted by Crippen LogP contribution is -2.04. The largest absolute Gasteiger partial charge is 0.481 e. The summed E-state index contributed by atoms with van der Waals surface area (Å²) in [5, 5.41) is 16.5. The van der Waals surface area contributed by atoms with Gasteiger partial charge < -0.3 is 5.11 Å². The van der Waals surface area contributed by atoms with Gasteiger partial charge in [-0.05, 0) is 30.5 Å². The van der Waals surface area contributed by atoms with E-state index in [0.29, 0.717) is 12.2 Å². The molecule has 2 rings (SSSR count). The second-order valence-corrected chi connectivity index (χ2v) is 4.35. The van der Waals surface area contributed by atoms with E-state index < -0.39 is 5.97 Å². The monoisotopic (exact) mass is 245 g/mol. The molecule has 0 saturated heterocycles. The number of hydrogen-bond acceptors (Lipinski definition) is 3. The molecule has 0 bridgehead atoms. The van der Waals surface area contributed by atoms with E-state index >= 15 is 0 Å². The fourth-order valence-corrected chi connectivity index (χ4v) is 1.91. The maximum Gasteiger partial charge on any atom is 0.309 e. The van der Waals surface area contributed by atoms with Gasteiger partial charge in [-0.25, -0.2) is 4.68 Å². The van der Waals surface area contributed by atoms with E-state index in [2.05, 4.69) is 36.3 Å². The first-order chi connectivity index (χ1) is 8.56. The van der Waals surface area contributed by atoms with Crippen LogP contribution in [0.4, 0.5) is 0 Å². The molecule has 0 spiro atoms. The Morgan fingerprint density at radius 3 is 2.61 bits per heavy atom. The maximum atomic E-state index is 10.6. The molecule has 0 unspecified atom stereocenters. The Labute approximate surface area is 105 Å². The molecule has 0 saturated carbocycles. The van der Waals surface area contributed by atoms with Crippen LogP contribution in [0.2, 0.25) is 0 Å². The van der Waals surface area contributed by atoms with Gasteiger partial charge in [-0.1, -0.05) is 23.4 Å². The first kappa shape index (κ1) is 12.3. The molecule has 18 heavy (non-hydrogen) atoms. The standard InChI is InChI=1S/C13H15N3O2/c1-9-4-3-5-10(2)12(9)8-16-7-11(14-15-16)6-13(17)18/h3-5,7H,6,8H2,1-2H3,(H,17,18). The first-order valence-corrected chi connectivity index (χ1v) is 5.72. The number of carboxylic acid groups (broad SMARTS) is 1. The minimum absolute atomic E-state index is 0.0905. The van der Waals surface area contributed by atoms with Crippen LogP contribution in [0.25, 0.3) is 0 Å². The summed E-state index contributed by atoms with van der Waals surface area (Å²) in [5.41, 5.74) is 4.08. The van der Waals surface area contributed by atoms with Gasteiger partial charge in [-0.2, -0.15) is 0 Å². The van der Waals surface area contributed by atoms with Gasteiger partial charge in [-0.3, -0.25) is 4.79 Å². The molecule has 2 aromatic rings. The van der Waals surface area contributed by atoms with Crippen LogP contribution in [-0.4, -0.2) is 26.1 Å². The summed E-state index contributed by atoms with van der Waals surface area (Å²) < 4.78 is 1.67. The van der Waals surface area contributed by atoms with Gasteiger partial charge in [0.1, 0.15) is 0 Å². The smallest absolute Gasteiger partial charge is 0.309 e. The molecule has 0 amide bonds. The highest BCUT2D eigenvalue weighted by Crippen LogP contribution is 2.14. The Morgan fingerprint density at radius 1 is 1.33 bits per heavy atom. The van der Waals surface area contributed by atoms with E-state index in [1.54, 1.807) is 10.9 Å². The number of aromatic nitrogens is 3. The number of aryl methyl sites for hydroxylation is 2. The number of nitrogens with zero attached hydrogens (tertiary/aromatic N) is 3. The third-order valence-corrected chi connectivity index (χ3v) is 2.88. The summed E-state index contributed by atoms with van der Waals surface area (Å²) in [6, 6.07) is 6.13. The fraction of sp³-hybridized carbons (Fsp3) is 0.308. The molecule has 5 heteroatoms. The van der Waals surface area contributed by atoms with E-state index in [4.69, 9.17) is 5.11 Å². The summed E-state index contributed by atoms with van der Waals surface area (Å²) in [7, 11) is 0. The van der Waals surface area contributed by atoms with Crippen LogP contribution in [0.15, 0.2) is 24.4 Å². The summed E-state index contributed by atoms with van der Waals surface area (Å²) in [5.74, 6) is -0.894. The predicted octanol–water partition coefficient (Wildman–Crippen LogP) is 1.57. The highest BCUT2D eigenvalue weighted by Gasteiger charge is 2.08. The van der Waals surface area contributed by atoms with Crippen LogP contribution in [0.1, 0.15) is 22.4 Å². The molecule has 0 atom stereocenters. The Bertz CT molecular complexity index is 555. The van der Waals surface area contributed by atoms with Crippen LogP contribution in [0.5, 0.6) is 0 Å². The predicted molar refractivity (Wildman–Crippen MR) is 66.4 cm³/mol. The molecule has 1 aromatic heterocycles. The van der Waals surface area contributed by atoms with Crippen molar-refractivity contribution >= 4 is 5.97 Å². The highest BCUT2D eigenvalue weighted by molar-refractivity contribution is 5.69. The van der Waals surface area contributed by atoms with E-state index in [1.165, 1.54) is 16.7 Å². The molecular weight excluding hydrogens is 230 g/mol. The molecule has 1 N–H and O–H groups in total. The average molecular weight is 245 g/mol. The Hall–Kier alpha value is -2.17. The second-order valence-electron chi connectivity index (χ2n) is 4.35. The van der Waals surface area contributed by atoms with Crippen molar-refractivity contribution < 1.29 is 9.90 Å². The topological polar surface area (TPSA) is 68.0 Å². The normalized spacial score (nSPS) is 10.6. The van der Waals surface area contributed by atoms with Crippen molar-refractivity contribution in [3.8, 4) is 0 Å². The number of hydrogen-bond donors (Lipinski definition) is 1. The number of carboxylic acids is 1. The van der Waals surface area contributed by atoms with Crippen LogP contribution in [-0.2, 0) is 17.8 Å². The van der Waals surface area contributed by atoms with E-state index in [9.17, 15) is 4.79 Å². The lowest BCUT2D eigenvalue weighted by molar-refractivity contribution is -0.136. The van der Waals surface area contributed by atoms with Gasteiger partial charge >= 0.3 is 5.97 Å². The third kappa shape index (κ3) is 2.74. The van der Waals surface area contributed by atoms with Gasteiger partial charge in [0.2, 0.25) is 0 Å². The fourth-order valence-electron chi connectivity index (χ4n) is 1.91. The summed E-state index contributed by atoms with van der Waals surface area (Å²) in [6.07, 6.45) is 1.59. The minimum Gasteiger partial charge on any atom is -0.481 e.